The van der Waals surface area contributed by atoms with Crippen LogP contribution >= 0.6 is 0 Å². The first-order valence-corrected chi connectivity index (χ1v) is 12.9. The second-order valence-corrected chi connectivity index (χ2v) is 14.1. The number of rotatable bonds is 11. The summed E-state index contributed by atoms with van der Waals surface area (Å²) in [6, 6.07) is 0.789. The molecule has 2 unspecified atom stereocenters. The molecule has 0 aromatic rings. The quantitative estimate of drug-likeness (QED) is 0.199. The van der Waals surface area contributed by atoms with Crippen molar-refractivity contribution in [1.82, 2.24) is 0 Å². The number of hydrogen-bond donors (Lipinski definition) is 0. The van der Waals surface area contributed by atoms with Crippen LogP contribution in [-0.4, -0.2) is 32.8 Å². The maximum atomic E-state index is 12.7. The van der Waals surface area contributed by atoms with Crippen LogP contribution in [0.3, 0.4) is 0 Å². The Hall–Kier alpha value is -0.333. The van der Waals surface area contributed by atoms with Crippen molar-refractivity contribution in [3.63, 3.8) is 0 Å². The Morgan fingerprint density at radius 2 is 1.56 bits per heavy atom. The van der Waals surface area contributed by atoms with Crippen molar-refractivity contribution >= 4 is 8.32 Å². The third kappa shape index (κ3) is 17.5. The van der Waals surface area contributed by atoms with Crippen LogP contribution in [0.15, 0.2) is 12.2 Å². The monoisotopic (exact) mass is 410 g/mol. The van der Waals surface area contributed by atoms with Gasteiger partial charge in [0.15, 0.2) is 8.32 Å². The average Bonchev–Trinajstić information content (AvgIpc) is 2.43. The van der Waals surface area contributed by atoms with Crippen molar-refractivity contribution < 1.29 is 22.3 Å². The van der Waals surface area contributed by atoms with Gasteiger partial charge in [0.25, 0.3) is 0 Å². The first-order chi connectivity index (χ1) is 12.0. The summed E-state index contributed by atoms with van der Waals surface area (Å²) in [7, 11) is -2.45. The number of halogens is 3. The van der Waals surface area contributed by atoms with E-state index in [9.17, 15) is 13.2 Å². The Kier molecular flexibility index (Phi) is 10.9. The molecule has 0 radical (unpaired) electrons. The predicted molar refractivity (Wildman–Crippen MR) is 111 cm³/mol. The summed E-state index contributed by atoms with van der Waals surface area (Å²) in [6.45, 7) is 16.9. The van der Waals surface area contributed by atoms with E-state index in [2.05, 4.69) is 32.9 Å². The van der Waals surface area contributed by atoms with Gasteiger partial charge in [-0.15, -0.1) is 0 Å². The summed E-state index contributed by atoms with van der Waals surface area (Å²) in [6.07, 6.45) is 2.11. The van der Waals surface area contributed by atoms with Gasteiger partial charge in [-0.25, -0.2) is 0 Å². The maximum Gasteiger partial charge on any atom is 0.388 e. The van der Waals surface area contributed by atoms with E-state index in [0.29, 0.717) is 18.1 Å². The highest BCUT2D eigenvalue weighted by Gasteiger charge is 2.38. The van der Waals surface area contributed by atoms with Crippen molar-refractivity contribution in [2.24, 2.45) is 5.41 Å². The Morgan fingerprint density at radius 1 is 0.963 bits per heavy atom. The van der Waals surface area contributed by atoms with Crippen molar-refractivity contribution in [3.05, 3.63) is 12.2 Å². The molecule has 0 N–H and O–H groups in total. The minimum absolute atomic E-state index is 0.0299. The minimum atomic E-state index is -4.13. The number of allylic oxidation sites excluding steroid dienone is 1. The third-order valence-corrected chi connectivity index (χ3v) is 7.91. The molecule has 0 heterocycles. The van der Waals surface area contributed by atoms with Crippen LogP contribution in [0.2, 0.25) is 18.6 Å². The second kappa shape index (κ2) is 11.0. The van der Waals surface area contributed by atoms with Gasteiger partial charge in [-0.05, 0) is 71.0 Å². The molecule has 2 atom stereocenters. The summed E-state index contributed by atoms with van der Waals surface area (Å²) < 4.78 is 50.1. The van der Waals surface area contributed by atoms with Gasteiger partial charge in [0.1, 0.15) is 0 Å². The molecule has 0 fully saturated rings. The van der Waals surface area contributed by atoms with Gasteiger partial charge in [-0.2, -0.15) is 13.2 Å². The molecular weight excluding hydrogens is 369 g/mol. The van der Waals surface area contributed by atoms with Gasteiger partial charge < -0.3 is 9.16 Å². The van der Waals surface area contributed by atoms with Crippen molar-refractivity contribution in [2.45, 2.75) is 111 Å². The molecule has 162 valence electrons. The molecule has 6 heteroatoms. The molecule has 27 heavy (non-hydrogen) atoms. The van der Waals surface area contributed by atoms with Crippen molar-refractivity contribution in [2.75, 3.05) is 6.61 Å². The highest BCUT2D eigenvalue weighted by Crippen LogP contribution is 2.32. The SMILES string of the molecule is CC(CC[Si](C)(CCC(F)(F)F)OC(C)(C)C)OCC/C=C/CC(C)(C)C. The van der Waals surface area contributed by atoms with Gasteiger partial charge >= 0.3 is 6.18 Å². The molecular formula is C21H41F3O2Si. The Balaban J connectivity index is 4.39. The molecule has 0 aliphatic carbocycles. The maximum absolute atomic E-state index is 12.7. The van der Waals surface area contributed by atoms with Gasteiger partial charge in [0, 0.05) is 12.0 Å². The summed E-state index contributed by atoms with van der Waals surface area (Å²) in [4.78, 5) is 0. The van der Waals surface area contributed by atoms with Gasteiger partial charge in [-0.1, -0.05) is 32.9 Å². The van der Waals surface area contributed by atoms with Crippen LogP contribution in [0.4, 0.5) is 13.2 Å². The first-order valence-electron chi connectivity index (χ1n) is 10.0. The fourth-order valence-electron chi connectivity index (χ4n) is 2.86. The number of alkyl halides is 3. The van der Waals surface area contributed by atoms with Crippen LogP contribution in [0.25, 0.3) is 0 Å². The summed E-state index contributed by atoms with van der Waals surface area (Å²) in [5, 5.41) is 0. The minimum Gasteiger partial charge on any atom is -0.412 e. The lowest BCUT2D eigenvalue weighted by molar-refractivity contribution is -0.131. The van der Waals surface area contributed by atoms with E-state index in [1.54, 1.807) is 0 Å². The zero-order valence-corrected chi connectivity index (χ0v) is 19.6. The van der Waals surface area contributed by atoms with Crippen molar-refractivity contribution in [3.8, 4) is 0 Å². The van der Waals surface area contributed by atoms with Crippen LogP contribution in [0.1, 0.15) is 74.1 Å². The Morgan fingerprint density at radius 3 is 2.04 bits per heavy atom. The highest BCUT2D eigenvalue weighted by molar-refractivity contribution is 6.72. The fraction of sp³-hybridized carbons (Fsp3) is 0.905. The Labute approximate surface area is 166 Å². The molecule has 2 nitrogen and oxygen atoms in total. The molecule has 0 aliphatic rings. The molecule has 0 saturated heterocycles. The van der Waals surface area contributed by atoms with Crippen LogP contribution < -0.4 is 0 Å². The molecule has 0 saturated carbocycles. The van der Waals surface area contributed by atoms with Crippen LogP contribution in [-0.2, 0) is 9.16 Å². The third-order valence-electron chi connectivity index (χ3n) is 4.15. The lowest BCUT2D eigenvalue weighted by atomic mass is 9.92. The summed E-state index contributed by atoms with van der Waals surface area (Å²) >= 11 is 0. The molecule has 0 amide bonds. The van der Waals surface area contributed by atoms with E-state index in [4.69, 9.17) is 9.16 Å². The predicted octanol–water partition coefficient (Wildman–Crippen LogP) is 7.51. The summed E-state index contributed by atoms with van der Waals surface area (Å²) in [5.74, 6) is 0. The fourth-order valence-corrected chi connectivity index (χ4v) is 6.62. The second-order valence-electron chi connectivity index (χ2n) is 10.0. The Bertz CT molecular complexity index is 436. The molecule has 0 aliphatic heterocycles. The van der Waals surface area contributed by atoms with E-state index >= 15 is 0 Å². The number of hydrogen-bond acceptors (Lipinski definition) is 2. The van der Waals surface area contributed by atoms with E-state index in [1.807, 2.05) is 34.2 Å². The highest BCUT2D eigenvalue weighted by atomic mass is 28.4. The molecule has 0 rings (SSSR count). The largest absolute Gasteiger partial charge is 0.412 e. The zero-order chi connectivity index (χ0) is 21.4. The molecule has 0 spiro atoms. The molecule has 0 bridgehead atoms. The van der Waals surface area contributed by atoms with E-state index in [1.165, 1.54) is 0 Å². The average molecular weight is 411 g/mol. The molecule has 0 aromatic heterocycles. The van der Waals surface area contributed by atoms with Gasteiger partial charge in [0.2, 0.25) is 0 Å². The van der Waals surface area contributed by atoms with E-state index < -0.39 is 26.5 Å². The van der Waals surface area contributed by atoms with Crippen molar-refractivity contribution in [1.29, 1.82) is 0 Å². The normalized spacial score (nSPS) is 17.3. The smallest absolute Gasteiger partial charge is 0.388 e. The van der Waals surface area contributed by atoms with Crippen LogP contribution in [0.5, 0.6) is 0 Å². The topological polar surface area (TPSA) is 18.5 Å². The number of ether oxygens (including phenoxy) is 1. The lowest BCUT2D eigenvalue weighted by Gasteiger charge is -2.36. The zero-order valence-electron chi connectivity index (χ0n) is 18.6. The van der Waals surface area contributed by atoms with Gasteiger partial charge in [0.05, 0.1) is 12.7 Å². The van der Waals surface area contributed by atoms with Gasteiger partial charge in [-0.3, -0.25) is 0 Å². The molecule has 0 aromatic carbocycles. The first kappa shape index (κ1) is 26.7. The van der Waals surface area contributed by atoms with Crippen LogP contribution in [0, 0.1) is 5.41 Å². The summed E-state index contributed by atoms with van der Waals surface area (Å²) in [5.41, 5.74) is -0.127. The van der Waals surface area contributed by atoms with E-state index in [0.717, 1.165) is 19.3 Å². The standard InChI is InChI=1S/C21H41F3O2Si/c1-18(25-15-11-9-10-13-19(2,3)4)12-16-27(8,26-20(5,6)7)17-14-21(22,23)24/h9-10,18H,11-17H2,1-8H3/b10-9+. The van der Waals surface area contributed by atoms with E-state index in [-0.39, 0.29) is 12.1 Å². The lowest BCUT2D eigenvalue weighted by Crippen LogP contribution is -2.43.